The molecule has 0 bridgehead atoms. The molecule has 0 unspecified atom stereocenters. The highest BCUT2D eigenvalue weighted by Gasteiger charge is 2.17. The zero-order valence-electron chi connectivity index (χ0n) is 16.9. The van der Waals surface area contributed by atoms with Gasteiger partial charge in [0.25, 0.3) is 5.22 Å². The lowest BCUT2D eigenvalue weighted by atomic mass is 10.2. The number of aromatic nitrogens is 2. The van der Waals surface area contributed by atoms with E-state index in [1.807, 2.05) is 0 Å². The highest BCUT2D eigenvalue weighted by Crippen LogP contribution is 2.33. The van der Waals surface area contributed by atoms with Crippen LogP contribution >= 0.6 is 11.8 Å². The number of ether oxygens (including phenoxy) is 3. The van der Waals surface area contributed by atoms with Gasteiger partial charge in [0.05, 0.1) is 14.2 Å². The van der Waals surface area contributed by atoms with E-state index in [1.54, 1.807) is 48.5 Å². The maximum absolute atomic E-state index is 11.7. The van der Waals surface area contributed by atoms with Gasteiger partial charge in [-0.05, 0) is 47.7 Å². The molecule has 0 spiro atoms. The summed E-state index contributed by atoms with van der Waals surface area (Å²) in [6.07, 6.45) is 3.16. The van der Waals surface area contributed by atoms with E-state index >= 15 is 0 Å². The fourth-order valence-corrected chi connectivity index (χ4v) is 3.17. The molecule has 0 radical (unpaired) electrons. The highest BCUT2D eigenvalue weighted by atomic mass is 32.2. The van der Waals surface area contributed by atoms with Crippen molar-refractivity contribution < 1.29 is 28.5 Å². The Kier molecular flexibility index (Phi) is 7.34. The number of hydrogen-bond acceptors (Lipinski definition) is 8. The first-order valence-electron chi connectivity index (χ1n) is 9.06. The van der Waals surface area contributed by atoms with Gasteiger partial charge in [0.2, 0.25) is 5.89 Å². The van der Waals surface area contributed by atoms with E-state index in [1.165, 1.54) is 20.3 Å². The monoisotopic (exact) mass is 440 g/mol. The van der Waals surface area contributed by atoms with Crippen LogP contribution in [0.4, 0.5) is 0 Å². The Morgan fingerprint density at radius 1 is 1.10 bits per heavy atom. The van der Waals surface area contributed by atoms with Crippen LogP contribution in [0, 0.1) is 0 Å². The molecular weight excluding hydrogens is 420 g/mol. The smallest absolute Gasteiger partial charge is 0.342 e. The number of methoxy groups -OCH3 is 2. The summed E-state index contributed by atoms with van der Waals surface area (Å²) in [5.41, 5.74) is 1.28. The van der Waals surface area contributed by atoms with Crippen LogP contribution in [0.25, 0.3) is 17.5 Å². The number of rotatable bonds is 10. The number of thioether (sulfide) groups is 1. The first-order chi connectivity index (χ1) is 15.0. The van der Waals surface area contributed by atoms with Crippen molar-refractivity contribution in [1.82, 2.24) is 10.2 Å². The number of carbonyl (C=O) groups is 1. The van der Waals surface area contributed by atoms with Crippen LogP contribution in [0.1, 0.15) is 5.56 Å². The Labute approximate surface area is 183 Å². The van der Waals surface area contributed by atoms with E-state index in [-0.39, 0.29) is 16.0 Å². The van der Waals surface area contributed by atoms with Gasteiger partial charge in [0, 0.05) is 11.6 Å². The van der Waals surface area contributed by atoms with Crippen LogP contribution in [0.2, 0.25) is 0 Å². The molecule has 1 heterocycles. The first kappa shape index (κ1) is 22.0. The molecule has 0 aliphatic rings. The Morgan fingerprint density at radius 2 is 1.77 bits per heavy atom. The van der Waals surface area contributed by atoms with Gasteiger partial charge in [0.15, 0.2) is 0 Å². The highest BCUT2D eigenvalue weighted by molar-refractivity contribution is 8.03. The van der Waals surface area contributed by atoms with Gasteiger partial charge >= 0.3 is 5.97 Å². The number of nitrogens with zero attached hydrogens (tertiary/aromatic N) is 2. The van der Waals surface area contributed by atoms with Gasteiger partial charge in [-0.15, -0.1) is 10.2 Å². The molecular formula is C22H20N2O6S. The van der Waals surface area contributed by atoms with E-state index in [9.17, 15) is 9.90 Å². The zero-order chi connectivity index (χ0) is 22.2. The Hall–Kier alpha value is -3.72. The maximum Gasteiger partial charge on any atom is 0.342 e. The van der Waals surface area contributed by atoms with E-state index < -0.39 is 5.97 Å². The summed E-state index contributed by atoms with van der Waals surface area (Å²) in [4.78, 5) is 11.7. The molecule has 1 N–H and O–H groups in total. The quantitative estimate of drug-likeness (QED) is 0.276. The molecule has 1 aromatic heterocycles. The topological polar surface area (TPSA) is 104 Å². The lowest BCUT2D eigenvalue weighted by Gasteiger charge is -2.05. The molecule has 0 aliphatic heterocycles. The van der Waals surface area contributed by atoms with Gasteiger partial charge in [-0.25, -0.2) is 4.79 Å². The molecule has 9 heteroatoms. The van der Waals surface area contributed by atoms with E-state index in [2.05, 4.69) is 16.8 Å². The van der Waals surface area contributed by atoms with Crippen LogP contribution in [0.3, 0.4) is 0 Å². The summed E-state index contributed by atoms with van der Waals surface area (Å²) < 4.78 is 21.6. The summed E-state index contributed by atoms with van der Waals surface area (Å²) in [5.74, 6) is 0.895. The van der Waals surface area contributed by atoms with Crippen molar-refractivity contribution in [3.8, 4) is 28.7 Å². The van der Waals surface area contributed by atoms with Crippen LogP contribution in [-0.4, -0.2) is 42.1 Å². The SMILES string of the molecule is C=CCOc1ccc(/C=C(\Sc2nnc(-c3cc(OC)cc(OC)c3)o2)C(=O)O)cc1. The molecule has 3 aromatic rings. The second-order valence-corrected chi connectivity index (χ2v) is 7.05. The van der Waals surface area contributed by atoms with Crippen molar-refractivity contribution in [2.24, 2.45) is 0 Å². The Bertz CT molecular complexity index is 1070. The fraction of sp³-hybridized carbons (Fsp3) is 0.136. The number of carboxylic acids is 1. The first-order valence-corrected chi connectivity index (χ1v) is 9.87. The van der Waals surface area contributed by atoms with Gasteiger partial charge in [-0.1, -0.05) is 24.8 Å². The predicted octanol–water partition coefficient (Wildman–Crippen LogP) is 4.54. The molecule has 31 heavy (non-hydrogen) atoms. The van der Waals surface area contributed by atoms with Gasteiger partial charge in [-0.2, -0.15) is 0 Å². The second-order valence-electron chi connectivity index (χ2n) is 6.06. The molecule has 2 aromatic carbocycles. The average molecular weight is 440 g/mol. The molecule has 160 valence electrons. The number of hydrogen-bond donors (Lipinski definition) is 1. The lowest BCUT2D eigenvalue weighted by Crippen LogP contribution is -1.97. The number of benzene rings is 2. The summed E-state index contributed by atoms with van der Waals surface area (Å²) in [5, 5.41) is 17.6. The minimum atomic E-state index is -1.11. The third-order valence-corrected chi connectivity index (χ3v) is 4.81. The van der Waals surface area contributed by atoms with Crippen molar-refractivity contribution >= 4 is 23.8 Å². The molecule has 0 aliphatic carbocycles. The van der Waals surface area contributed by atoms with Gasteiger partial charge in [0.1, 0.15) is 28.8 Å². The number of carboxylic acid groups (broad SMARTS) is 1. The molecule has 0 fully saturated rings. The molecule has 8 nitrogen and oxygen atoms in total. The van der Waals surface area contributed by atoms with Crippen LogP contribution in [-0.2, 0) is 4.79 Å². The minimum absolute atomic E-state index is 0.0261. The third-order valence-electron chi connectivity index (χ3n) is 3.96. The molecule has 0 amide bonds. The van der Waals surface area contributed by atoms with Gasteiger partial charge in [-0.3, -0.25) is 0 Å². The van der Waals surface area contributed by atoms with E-state index in [0.29, 0.717) is 35.0 Å². The fourth-order valence-electron chi connectivity index (χ4n) is 2.49. The van der Waals surface area contributed by atoms with Crippen molar-refractivity contribution in [1.29, 1.82) is 0 Å². The molecule has 0 atom stereocenters. The maximum atomic E-state index is 11.7. The van der Waals surface area contributed by atoms with Crippen LogP contribution in [0.15, 0.2) is 69.7 Å². The standard InChI is InChI=1S/C22H20N2O6S/c1-4-9-29-16-7-5-14(6-8-16)10-19(21(25)26)31-22-24-23-20(30-22)15-11-17(27-2)13-18(12-15)28-3/h4-8,10-13H,1,9H2,2-3H3,(H,25,26)/b19-10-. The van der Waals surface area contributed by atoms with E-state index in [4.69, 9.17) is 18.6 Å². The molecule has 3 rings (SSSR count). The summed E-state index contributed by atoms with van der Waals surface area (Å²) in [7, 11) is 3.07. The third kappa shape index (κ3) is 5.89. The summed E-state index contributed by atoms with van der Waals surface area (Å²) in [6, 6.07) is 12.2. The minimum Gasteiger partial charge on any atom is -0.497 e. The van der Waals surface area contributed by atoms with Crippen LogP contribution < -0.4 is 14.2 Å². The second kappa shape index (κ2) is 10.4. The van der Waals surface area contributed by atoms with Gasteiger partial charge < -0.3 is 23.7 Å². The Morgan fingerprint density at radius 3 is 2.35 bits per heavy atom. The van der Waals surface area contributed by atoms with E-state index in [0.717, 1.165) is 11.8 Å². The average Bonchev–Trinajstić information content (AvgIpc) is 3.26. The summed E-state index contributed by atoms with van der Waals surface area (Å²) in [6.45, 7) is 3.99. The van der Waals surface area contributed by atoms with Crippen LogP contribution in [0.5, 0.6) is 17.2 Å². The normalized spacial score (nSPS) is 11.1. The molecule has 0 saturated heterocycles. The van der Waals surface area contributed by atoms with Crippen molar-refractivity contribution in [2.45, 2.75) is 5.22 Å². The van der Waals surface area contributed by atoms with Crippen molar-refractivity contribution in [3.63, 3.8) is 0 Å². The molecule has 0 saturated carbocycles. The zero-order valence-corrected chi connectivity index (χ0v) is 17.7. The Balaban J connectivity index is 1.80. The number of aliphatic carboxylic acids is 1. The lowest BCUT2D eigenvalue weighted by molar-refractivity contribution is -0.131. The predicted molar refractivity (Wildman–Crippen MR) is 116 cm³/mol. The largest absolute Gasteiger partial charge is 0.497 e. The van der Waals surface area contributed by atoms with Crippen molar-refractivity contribution in [3.05, 3.63) is 65.6 Å². The van der Waals surface area contributed by atoms with Crippen molar-refractivity contribution in [2.75, 3.05) is 20.8 Å². The summed E-state index contributed by atoms with van der Waals surface area (Å²) >= 11 is 0.859.